The van der Waals surface area contributed by atoms with Crippen LogP contribution in [0, 0.1) is 5.82 Å². The Morgan fingerprint density at radius 2 is 1.79 bits per heavy atom. The van der Waals surface area contributed by atoms with Crippen molar-refractivity contribution in [2.24, 2.45) is 5.73 Å². The summed E-state index contributed by atoms with van der Waals surface area (Å²) in [5.74, 6) is -0.177. The molecule has 0 fully saturated rings. The van der Waals surface area contributed by atoms with Crippen LogP contribution >= 0.6 is 0 Å². The summed E-state index contributed by atoms with van der Waals surface area (Å²) in [6.07, 6.45) is 1.04. The van der Waals surface area contributed by atoms with Gasteiger partial charge in [-0.1, -0.05) is 18.2 Å². The number of rotatable bonds is 7. The van der Waals surface area contributed by atoms with Gasteiger partial charge in [0, 0.05) is 11.6 Å². The Kier molecular flexibility index (Phi) is 6.42. The lowest BCUT2D eigenvalue weighted by atomic mass is 9.99. The van der Waals surface area contributed by atoms with Gasteiger partial charge in [-0.3, -0.25) is 4.90 Å². The maximum atomic E-state index is 13.9. The standard InChI is InChI=1S/C15H26FN3/c1-12(17)15(13-8-5-6-9-14(13)16)19(4)11-7-10-18(2)3/h5-6,8-9,12,15H,7,10-11,17H2,1-4H3. The summed E-state index contributed by atoms with van der Waals surface area (Å²) in [6.45, 7) is 3.85. The molecule has 0 aliphatic rings. The van der Waals surface area contributed by atoms with Gasteiger partial charge < -0.3 is 10.6 Å². The molecule has 1 rings (SSSR count). The van der Waals surface area contributed by atoms with Gasteiger partial charge >= 0.3 is 0 Å². The van der Waals surface area contributed by atoms with Gasteiger partial charge in [-0.2, -0.15) is 0 Å². The average molecular weight is 267 g/mol. The molecule has 3 nitrogen and oxygen atoms in total. The SMILES string of the molecule is CC(N)C(c1ccccc1F)N(C)CCCN(C)C. The maximum Gasteiger partial charge on any atom is 0.128 e. The van der Waals surface area contributed by atoms with Crippen molar-refractivity contribution in [1.29, 1.82) is 0 Å². The van der Waals surface area contributed by atoms with Crippen LogP contribution in [0.4, 0.5) is 4.39 Å². The molecule has 2 atom stereocenters. The van der Waals surface area contributed by atoms with Gasteiger partial charge in [0.15, 0.2) is 0 Å². The molecular formula is C15H26FN3. The van der Waals surface area contributed by atoms with Crippen LogP contribution in [-0.2, 0) is 0 Å². The first-order valence-corrected chi connectivity index (χ1v) is 6.78. The van der Waals surface area contributed by atoms with E-state index < -0.39 is 0 Å². The minimum atomic E-state index is -0.177. The Labute approximate surface area is 116 Å². The number of halogens is 1. The van der Waals surface area contributed by atoms with Crippen LogP contribution in [0.3, 0.4) is 0 Å². The molecule has 0 bridgehead atoms. The van der Waals surface area contributed by atoms with Gasteiger partial charge in [0.05, 0.1) is 6.04 Å². The molecule has 1 aromatic carbocycles. The molecule has 0 radical (unpaired) electrons. The first-order valence-electron chi connectivity index (χ1n) is 6.78. The number of likely N-dealkylation sites (N-methyl/N-ethyl adjacent to an activating group) is 1. The van der Waals surface area contributed by atoms with E-state index in [1.54, 1.807) is 6.07 Å². The van der Waals surface area contributed by atoms with Gasteiger partial charge in [-0.05, 0) is 53.6 Å². The highest BCUT2D eigenvalue weighted by Crippen LogP contribution is 2.24. The fourth-order valence-electron chi connectivity index (χ4n) is 2.41. The van der Waals surface area contributed by atoms with Crippen LogP contribution in [0.15, 0.2) is 24.3 Å². The second kappa shape index (κ2) is 7.58. The number of hydrogen-bond acceptors (Lipinski definition) is 3. The van der Waals surface area contributed by atoms with Crippen molar-refractivity contribution >= 4 is 0 Å². The van der Waals surface area contributed by atoms with E-state index >= 15 is 0 Å². The highest BCUT2D eigenvalue weighted by atomic mass is 19.1. The zero-order valence-corrected chi connectivity index (χ0v) is 12.4. The molecule has 2 N–H and O–H groups in total. The highest BCUT2D eigenvalue weighted by Gasteiger charge is 2.23. The summed E-state index contributed by atoms with van der Waals surface area (Å²) in [5.41, 5.74) is 6.74. The maximum absolute atomic E-state index is 13.9. The summed E-state index contributed by atoms with van der Waals surface area (Å²) in [6, 6.07) is 6.71. The van der Waals surface area contributed by atoms with E-state index in [0.29, 0.717) is 5.56 Å². The molecule has 0 saturated heterocycles. The van der Waals surface area contributed by atoms with Crippen LogP contribution in [0.2, 0.25) is 0 Å². The second-order valence-corrected chi connectivity index (χ2v) is 5.46. The van der Waals surface area contributed by atoms with Gasteiger partial charge in [0.25, 0.3) is 0 Å². The predicted molar refractivity (Wildman–Crippen MR) is 78.6 cm³/mol. The monoisotopic (exact) mass is 267 g/mol. The van der Waals surface area contributed by atoms with E-state index in [2.05, 4.69) is 23.9 Å². The van der Waals surface area contributed by atoms with Crippen LogP contribution in [-0.4, -0.2) is 50.1 Å². The predicted octanol–water partition coefficient (Wildman–Crippen LogP) is 2.10. The molecule has 1 aromatic rings. The minimum absolute atomic E-state index is 0.0802. The normalized spacial score (nSPS) is 14.9. The summed E-state index contributed by atoms with van der Waals surface area (Å²) in [4.78, 5) is 4.30. The molecule has 0 amide bonds. The van der Waals surface area contributed by atoms with Gasteiger partial charge in [-0.15, -0.1) is 0 Å². The van der Waals surface area contributed by atoms with Gasteiger partial charge in [0.1, 0.15) is 5.82 Å². The molecule has 0 saturated carbocycles. The number of nitrogens with two attached hydrogens (primary N) is 1. The van der Waals surface area contributed by atoms with Gasteiger partial charge in [-0.25, -0.2) is 4.39 Å². The lowest BCUT2D eigenvalue weighted by Crippen LogP contribution is -2.38. The largest absolute Gasteiger partial charge is 0.326 e. The quantitative estimate of drug-likeness (QED) is 0.821. The van der Waals surface area contributed by atoms with Crippen molar-refractivity contribution in [1.82, 2.24) is 9.80 Å². The summed E-state index contributed by atoms with van der Waals surface area (Å²) < 4.78 is 13.9. The van der Waals surface area contributed by atoms with Crippen molar-refractivity contribution in [2.75, 3.05) is 34.2 Å². The fourth-order valence-corrected chi connectivity index (χ4v) is 2.41. The number of hydrogen-bond donors (Lipinski definition) is 1. The van der Waals surface area contributed by atoms with Crippen molar-refractivity contribution in [3.8, 4) is 0 Å². The Morgan fingerprint density at radius 1 is 1.16 bits per heavy atom. The summed E-state index contributed by atoms with van der Waals surface area (Å²) >= 11 is 0. The first-order chi connectivity index (χ1) is 8.93. The first kappa shape index (κ1) is 16.1. The molecular weight excluding hydrogens is 241 g/mol. The molecule has 0 spiro atoms. The van der Waals surface area contributed by atoms with Crippen molar-refractivity contribution in [2.45, 2.75) is 25.4 Å². The number of benzene rings is 1. The third kappa shape index (κ3) is 4.90. The Hall–Kier alpha value is -0.970. The Balaban J connectivity index is 2.75. The van der Waals surface area contributed by atoms with E-state index in [4.69, 9.17) is 5.73 Å². The van der Waals surface area contributed by atoms with E-state index in [1.807, 2.05) is 26.1 Å². The molecule has 19 heavy (non-hydrogen) atoms. The third-order valence-electron chi connectivity index (χ3n) is 3.31. The summed E-state index contributed by atoms with van der Waals surface area (Å²) in [7, 11) is 6.12. The zero-order valence-electron chi connectivity index (χ0n) is 12.4. The Morgan fingerprint density at radius 3 is 2.32 bits per heavy atom. The van der Waals surface area contributed by atoms with Crippen molar-refractivity contribution in [3.63, 3.8) is 0 Å². The van der Waals surface area contributed by atoms with Gasteiger partial charge in [0.2, 0.25) is 0 Å². The minimum Gasteiger partial charge on any atom is -0.326 e. The zero-order chi connectivity index (χ0) is 14.4. The van der Waals surface area contributed by atoms with E-state index in [0.717, 1.165) is 19.5 Å². The highest BCUT2D eigenvalue weighted by molar-refractivity contribution is 5.22. The van der Waals surface area contributed by atoms with E-state index in [-0.39, 0.29) is 17.9 Å². The molecule has 0 aliphatic heterocycles. The molecule has 2 unspecified atom stereocenters. The van der Waals surface area contributed by atoms with E-state index in [1.165, 1.54) is 6.07 Å². The van der Waals surface area contributed by atoms with Crippen LogP contribution in [0.25, 0.3) is 0 Å². The molecule has 4 heteroatoms. The fraction of sp³-hybridized carbons (Fsp3) is 0.600. The lowest BCUT2D eigenvalue weighted by Gasteiger charge is -2.32. The smallest absolute Gasteiger partial charge is 0.128 e. The van der Waals surface area contributed by atoms with E-state index in [9.17, 15) is 4.39 Å². The van der Waals surface area contributed by atoms with Crippen LogP contribution in [0.5, 0.6) is 0 Å². The second-order valence-electron chi connectivity index (χ2n) is 5.46. The van der Waals surface area contributed by atoms with Crippen molar-refractivity contribution in [3.05, 3.63) is 35.6 Å². The van der Waals surface area contributed by atoms with Crippen LogP contribution < -0.4 is 5.73 Å². The molecule has 0 heterocycles. The summed E-state index contributed by atoms with van der Waals surface area (Å²) in [5, 5.41) is 0. The molecule has 0 aromatic heterocycles. The van der Waals surface area contributed by atoms with Crippen molar-refractivity contribution < 1.29 is 4.39 Å². The number of nitrogens with zero attached hydrogens (tertiary/aromatic N) is 2. The average Bonchev–Trinajstić information content (AvgIpc) is 2.31. The third-order valence-corrected chi connectivity index (χ3v) is 3.31. The van der Waals surface area contributed by atoms with Crippen LogP contribution in [0.1, 0.15) is 24.9 Å². The Bertz CT molecular complexity index is 379. The molecule has 0 aliphatic carbocycles. The lowest BCUT2D eigenvalue weighted by molar-refractivity contribution is 0.204. The molecule has 108 valence electrons. The topological polar surface area (TPSA) is 32.5 Å².